The van der Waals surface area contributed by atoms with E-state index in [0.717, 1.165) is 23.8 Å². The maximum Gasteiger partial charge on any atom is 0.323 e. The molecular formula is C14H22N2O4S2. The Hall–Kier alpha value is -1.25. The maximum absolute atomic E-state index is 11.7. The van der Waals surface area contributed by atoms with Crippen LogP contribution in [0.25, 0.3) is 0 Å². The molecule has 124 valence electrons. The summed E-state index contributed by atoms with van der Waals surface area (Å²) in [5.74, 6) is -0.444. The molecule has 0 bridgehead atoms. The molecule has 1 aromatic carbocycles. The molecule has 0 saturated heterocycles. The molecule has 0 amide bonds. The second-order valence-electron chi connectivity index (χ2n) is 5.14. The van der Waals surface area contributed by atoms with Crippen LogP contribution >= 0.6 is 11.9 Å². The summed E-state index contributed by atoms with van der Waals surface area (Å²) in [7, 11) is -3.33. The van der Waals surface area contributed by atoms with Crippen LogP contribution in [0.2, 0.25) is 0 Å². The highest BCUT2D eigenvalue weighted by Crippen LogP contribution is 2.24. The Morgan fingerprint density at radius 3 is 2.27 bits per heavy atom. The summed E-state index contributed by atoms with van der Waals surface area (Å²) >= 11 is 1.11. The molecule has 0 unspecified atom stereocenters. The molecule has 0 aliphatic heterocycles. The number of ether oxygens (including phenoxy) is 1. The minimum Gasteiger partial charge on any atom is -0.462 e. The van der Waals surface area contributed by atoms with E-state index in [9.17, 15) is 13.2 Å². The molecule has 8 heteroatoms. The monoisotopic (exact) mass is 346 g/mol. The largest absolute Gasteiger partial charge is 0.462 e. The lowest BCUT2D eigenvalue weighted by Gasteiger charge is -2.19. The molecule has 1 atom stereocenters. The van der Waals surface area contributed by atoms with E-state index in [4.69, 9.17) is 10.5 Å². The molecule has 1 rings (SSSR count). The van der Waals surface area contributed by atoms with E-state index in [1.54, 1.807) is 44.4 Å². The SMILES string of the molecule is CSN(c1ccc(C[C@H](N)C(=O)OC(C)C)cc1)S(C)(=O)=O. The summed E-state index contributed by atoms with van der Waals surface area (Å²) in [6.07, 6.45) is 2.97. The Kier molecular flexibility index (Phi) is 6.70. The third-order valence-electron chi connectivity index (χ3n) is 2.72. The molecule has 0 aliphatic rings. The van der Waals surface area contributed by atoms with E-state index in [2.05, 4.69) is 0 Å². The van der Waals surface area contributed by atoms with Gasteiger partial charge in [-0.05, 0) is 49.9 Å². The predicted molar refractivity (Wildman–Crippen MR) is 90.2 cm³/mol. The van der Waals surface area contributed by atoms with Crippen molar-refractivity contribution in [3.8, 4) is 0 Å². The molecule has 1 aromatic rings. The van der Waals surface area contributed by atoms with Crippen molar-refractivity contribution in [2.45, 2.75) is 32.4 Å². The van der Waals surface area contributed by atoms with Crippen LogP contribution in [0.5, 0.6) is 0 Å². The fraction of sp³-hybridized carbons (Fsp3) is 0.500. The minimum atomic E-state index is -3.33. The van der Waals surface area contributed by atoms with Gasteiger partial charge in [0.05, 0.1) is 18.0 Å². The Balaban J connectivity index is 2.79. The number of sulfonamides is 1. The third kappa shape index (κ3) is 5.51. The quantitative estimate of drug-likeness (QED) is 0.595. The normalized spacial score (nSPS) is 13.0. The van der Waals surface area contributed by atoms with E-state index < -0.39 is 22.0 Å². The van der Waals surface area contributed by atoms with Gasteiger partial charge in [-0.2, -0.15) is 0 Å². The molecule has 0 aromatic heterocycles. The van der Waals surface area contributed by atoms with E-state index in [1.165, 1.54) is 3.71 Å². The Labute approximate surface area is 136 Å². The van der Waals surface area contributed by atoms with Gasteiger partial charge >= 0.3 is 5.97 Å². The molecular weight excluding hydrogens is 324 g/mol. The van der Waals surface area contributed by atoms with Gasteiger partial charge in [0.1, 0.15) is 6.04 Å². The van der Waals surface area contributed by atoms with Gasteiger partial charge < -0.3 is 10.5 Å². The molecule has 0 spiro atoms. The average molecular weight is 346 g/mol. The minimum absolute atomic E-state index is 0.203. The molecule has 0 saturated carbocycles. The molecule has 0 fully saturated rings. The first-order valence-electron chi connectivity index (χ1n) is 6.74. The lowest BCUT2D eigenvalue weighted by molar-refractivity contribution is -0.148. The maximum atomic E-state index is 11.7. The number of hydrogen-bond donors (Lipinski definition) is 1. The second-order valence-corrected chi connectivity index (χ2v) is 7.93. The summed E-state index contributed by atoms with van der Waals surface area (Å²) in [6, 6.07) is 6.15. The van der Waals surface area contributed by atoms with Crippen LogP contribution in [-0.4, -0.2) is 39.0 Å². The van der Waals surface area contributed by atoms with Crippen LogP contribution < -0.4 is 9.44 Å². The molecule has 0 heterocycles. The molecule has 6 nitrogen and oxygen atoms in total. The molecule has 0 aliphatic carbocycles. The number of esters is 1. The van der Waals surface area contributed by atoms with Crippen molar-refractivity contribution in [3.63, 3.8) is 0 Å². The molecule has 22 heavy (non-hydrogen) atoms. The van der Waals surface area contributed by atoms with Gasteiger partial charge in [0.2, 0.25) is 10.0 Å². The predicted octanol–water partition coefficient (Wildman–Crippen LogP) is 1.55. The molecule has 2 N–H and O–H groups in total. The van der Waals surface area contributed by atoms with E-state index in [1.807, 2.05) is 0 Å². The Morgan fingerprint density at radius 2 is 1.86 bits per heavy atom. The first kappa shape index (κ1) is 18.8. The van der Waals surface area contributed by atoms with Gasteiger partial charge in [-0.25, -0.2) is 12.1 Å². The van der Waals surface area contributed by atoms with Crippen molar-refractivity contribution in [1.82, 2.24) is 0 Å². The zero-order valence-corrected chi connectivity index (χ0v) is 14.8. The standard InChI is InChI=1S/C14H22N2O4S2/c1-10(2)20-14(17)13(15)9-11-5-7-12(8-6-11)16(21-3)22(4,18)19/h5-8,10,13H,9,15H2,1-4H3/t13-/m0/s1. The first-order valence-corrected chi connectivity index (χ1v) is 9.77. The molecule has 0 radical (unpaired) electrons. The number of benzene rings is 1. The van der Waals surface area contributed by atoms with Crippen LogP contribution in [0.1, 0.15) is 19.4 Å². The Morgan fingerprint density at radius 1 is 1.32 bits per heavy atom. The van der Waals surface area contributed by atoms with Crippen LogP contribution in [0.3, 0.4) is 0 Å². The van der Waals surface area contributed by atoms with Gasteiger partial charge in [-0.1, -0.05) is 12.1 Å². The lowest BCUT2D eigenvalue weighted by atomic mass is 10.1. The highest BCUT2D eigenvalue weighted by molar-refractivity contribution is 8.14. The smallest absolute Gasteiger partial charge is 0.323 e. The van der Waals surface area contributed by atoms with Crippen LogP contribution in [0.4, 0.5) is 5.69 Å². The van der Waals surface area contributed by atoms with Crippen molar-refractivity contribution >= 4 is 33.6 Å². The number of hydrogen-bond acceptors (Lipinski definition) is 6. The number of anilines is 1. The fourth-order valence-electron chi connectivity index (χ4n) is 1.84. The fourth-order valence-corrected chi connectivity index (χ4v) is 3.76. The van der Waals surface area contributed by atoms with E-state index >= 15 is 0 Å². The van der Waals surface area contributed by atoms with Gasteiger partial charge in [0.15, 0.2) is 0 Å². The third-order valence-corrected chi connectivity index (χ3v) is 5.34. The van der Waals surface area contributed by atoms with Crippen LogP contribution in [-0.2, 0) is 26.0 Å². The van der Waals surface area contributed by atoms with Gasteiger partial charge in [0.25, 0.3) is 0 Å². The van der Waals surface area contributed by atoms with Crippen molar-refractivity contribution in [3.05, 3.63) is 29.8 Å². The van der Waals surface area contributed by atoms with Crippen molar-refractivity contribution in [2.24, 2.45) is 5.73 Å². The number of nitrogens with two attached hydrogens (primary N) is 1. The van der Waals surface area contributed by atoms with Gasteiger partial charge in [-0.15, -0.1) is 0 Å². The van der Waals surface area contributed by atoms with Crippen LogP contribution in [0, 0.1) is 0 Å². The summed E-state index contributed by atoms with van der Waals surface area (Å²) in [4.78, 5) is 11.7. The Bertz CT molecular complexity index is 600. The van der Waals surface area contributed by atoms with E-state index in [0.29, 0.717) is 12.1 Å². The summed E-state index contributed by atoms with van der Waals surface area (Å²) in [5.41, 5.74) is 7.20. The number of nitrogens with zero attached hydrogens (tertiary/aromatic N) is 1. The van der Waals surface area contributed by atoms with Gasteiger partial charge in [-0.3, -0.25) is 4.79 Å². The number of carbonyl (C=O) groups excluding carboxylic acids is 1. The topological polar surface area (TPSA) is 89.7 Å². The van der Waals surface area contributed by atoms with E-state index in [-0.39, 0.29) is 6.10 Å². The average Bonchev–Trinajstić information content (AvgIpc) is 2.39. The highest BCUT2D eigenvalue weighted by atomic mass is 32.3. The zero-order chi connectivity index (χ0) is 16.9. The zero-order valence-electron chi connectivity index (χ0n) is 13.1. The summed E-state index contributed by atoms with van der Waals surface area (Å²) in [6.45, 7) is 3.53. The lowest BCUT2D eigenvalue weighted by Crippen LogP contribution is -2.35. The van der Waals surface area contributed by atoms with Crippen molar-refractivity contribution in [2.75, 3.05) is 16.2 Å². The van der Waals surface area contributed by atoms with Crippen LogP contribution in [0.15, 0.2) is 24.3 Å². The van der Waals surface area contributed by atoms with Crippen molar-refractivity contribution in [1.29, 1.82) is 0 Å². The number of carbonyl (C=O) groups is 1. The van der Waals surface area contributed by atoms with Gasteiger partial charge in [0, 0.05) is 6.26 Å². The second kappa shape index (κ2) is 7.85. The van der Waals surface area contributed by atoms with Crippen molar-refractivity contribution < 1.29 is 17.9 Å². The first-order chi connectivity index (χ1) is 10.1. The number of rotatable bonds is 7. The summed E-state index contributed by atoms with van der Waals surface area (Å²) < 4.78 is 29.6. The highest BCUT2D eigenvalue weighted by Gasteiger charge is 2.19. The summed E-state index contributed by atoms with van der Waals surface area (Å²) in [5, 5.41) is 0.